The van der Waals surface area contributed by atoms with Gasteiger partial charge < -0.3 is 10.0 Å². The summed E-state index contributed by atoms with van der Waals surface area (Å²) in [4.78, 5) is 24.9. The highest BCUT2D eigenvalue weighted by molar-refractivity contribution is 7.91. The molecule has 2 rings (SSSR count). The smallest absolute Gasteiger partial charge is 0.326 e. The summed E-state index contributed by atoms with van der Waals surface area (Å²) in [6, 6.07) is 4.84. The Bertz CT molecular complexity index is 650. The molecule has 1 aromatic carbocycles. The van der Waals surface area contributed by atoms with Crippen molar-refractivity contribution in [2.45, 2.75) is 30.7 Å². The third kappa shape index (κ3) is 3.07. The Morgan fingerprint density at radius 1 is 1.29 bits per heavy atom. The van der Waals surface area contributed by atoms with Crippen LogP contribution in [-0.2, 0) is 14.6 Å². The fourth-order valence-electron chi connectivity index (χ4n) is 2.40. The highest BCUT2D eigenvalue weighted by Gasteiger charge is 2.34. The molecule has 0 saturated carbocycles. The zero-order valence-corrected chi connectivity index (χ0v) is 12.5. The van der Waals surface area contributed by atoms with Crippen LogP contribution in [0.25, 0.3) is 0 Å². The summed E-state index contributed by atoms with van der Waals surface area (Å²) in [6.45, 7) is 1.96. The molecule has 1 saturated heterocycles. The predicted molar refractivity (Wildman–Crippen MR) is 75.9 cm³/mol. The lowest BCUT2D eigenvalue weighted by Gasteiger charge is -2.21. The minimum absolute atomic E-state index is 0.00644. The van der Waals surface area contributed by atoms with Gasteiger partial charge in [0, 0.05) is 12.1 Å². The van der Waals surface area contributed by atoms with Crippen LogP contribution in [0.2, 0.25) is 0 Å². The van der Waals surface area contributed by atoms with Crippen molar-refractivity contribution in [3.05, 3.63) is 29.8 Å². The molecular formula is C14H17NO5S. The zero-order valence-electron chi connectivity index (χ0n) is 11.7. The number of carbonyl (C=O) groups is 2. The lowest BCUT2D eigenvalue weighted by molar-refractivity contribution is -0.141. The summed E-state index contributed by atoms with van der Waals surface area (Å²) in [5.41, 5.74) is 0.304. The fraction of sp³-hybridized carbons (Fsp3) is 0.429. The fourth-order valence-corrected chi connectivity index (χ4v) is 3.29. The maximum Gasteiger partial charge on any atom is 0.326 e. The van der Waals surface area contributed by atoms with Gasteiger partial charge in [0.05, 0.1) is 10.6 Å². The Kier molecular flexibility index (Phi) is 4.32. The van der Waals surface area contributed by atoms with Crippen LogP contribution >= 0.6 is 0 Å². The largest absolute Gasteiger partial charge is 0.480 e. The van der Waals surface area contributed by atoms with Crippen molar-refractivity contribution in [2.24, 2.45) is 0 Å². The van der Waals surface area contributed by atoms with Crippen LogP contribution in [0.4, 0.5) is 0 Å². The van der Waals surface area contributed by atoms with Crippen LogP contribution in [0.1, 0.15) is 30.1 Å². The molecule has 0 bridgehead atoms. The minimum Gasteiger partial charge on any atom is -0.480 e. The number of hydrogen-bond donors (Lipinski definition) is 1. The summed E-state index contributed by atoms with van der Waals surface area (Å²) in [6.07, 6.45) is 1.11. The quantitative estimate of drug-likeness (QED) is 0.901. The first-order valence-electron chi connectivity index (χ1n) is 6.73. The molecular weight excluding hydrogens is 294 g/mol. The Balaban J connectivity index is 2.23. The maximum absolute atomic E-state index is 12.3. The van der Waals surface area contributed by atoms with E-state index < -0.39 is 21.8 Å². The van der Waals surface area contributed by atoms with Gasteiger partial charge in [0.1, 0.15) is 6.04 Å². The Hall–Kier alpha value is -1.89. The van der Waals surface area contributed by atoms with Gasteiger partial charge in [-0.25, -0.2) is 13.2 Å². The molecule has 6 nitrogen and oxygen atoms in total. The molecule has 1 fully saturated rings. The summed E-state index contributed by atoms with van der Waals surface area (Å²) >= 11 is 0. The van der Waals surface area contributed by atoms with E-state index in [1.165, 1.54) is 29.2 Å². The molecule has 1 unspecified atom stereocenters. The molecule has 0 aromatic heterocycles. The van der Waals surface area contributed by atoms with Crippen LogP contribution < -0.4 is 0 Å². The standard InChI is InChI=1S/C14H17NO5S/c1-2-21(19,20)11-7-5-10(6-8-11)13(16)15-9-3-4-12(15)14(17)18/h5-8,12H,2-4,9H2,1H3,(H,17,18). The van der Waals surface area contributed by atoms with Gasteiger partial charge >= 0.3 is 5.97 Å². The average Bonchev–Trinajstić information content (AvgIpc) is 2.96. The van der Waals surface area contributed by atoms with Gasteiger partial charge in [0.25, 0.3) is 5.91 Å². The molecule has 1 heterocycles. The number of carbonyl (C=O) groups excluding carboxylic acids is 1. The monoisotopic (exact) mass is 311 g/mol. The van der Waals surface area contributed by atoms with Crippen molar-refractivity contribution in [3.63, 3.8) is 0 Å². The molecule has 21 heavy (non-hydrogen) atoms. The van der Waals surface area contributed by atoms with Crippen molar-refractivity contribution in [1.29, 1.82) is 0 Å². The predicted octanol–water partition coefficient (Wildman–Crippen LogP) is 1.17. The van der Waals surface area contributed by atoms with Gasteiger partial charge in [-0.15, -0.1) is 0 Å². The summed E-state index contributed by atoms with van der Waals surface area (Å²) in [7, 11) is -3.30. The van der Waals surface area contributed by atoms with Crippen molar-refractivity contribution >= 4 is 21.7 Å². The number of likely N-dealkylation sites (tertiary alicyclic amines) is 1. The third-order valence-electron chi connectivity index (χ3n) is 3.64. The summed E-state index contributed by atoms with van der Waals surface area (Å²) in [5.74, 6) is -1.39. The van der Waals surface area contributed by atoms with Gasteiger partial charge in [-0.1, -0.05) is 6.92 Å². The van der Waals surface area contributed by atoms with Gasteiger partial charge in [0.15, 0.2) is 9.84 Å². The van der Waals surface area contributed by atoms with Crippen LogP contribution in [0.5, 0.6) is 0 Å². The lowest BCUT2D eigenvalue weighted by atomic mass is 10.1. The number of carboxylic acids is 1. The molecule has 0 radical (unpaired) electrons. The molecule has 1 aliphatic heterocycles. The van der Waals surface area contributed by atoms with Crippen molar-refractivity contribution < 1.29 is 23.1 Å². The number of rotatable bonds is 4. The second-order valence-electron chi connectivity index (χ2n) is 4.92. The first-order chi connectivity index (χ1) is 9.86. The number of benzene rings is 1. The van der Waals surface area contributed by atoms with E-state index in [9.17, 15) is 18.0 Å². The van der Waals surface area contributed by atoms with E-state index in [0.717, 1.165) is 0 Å². The third-order valence-corrected chi connectivity index (χ3v) is 5.39. The molecule has 1 atom stereocenters. The summed E-state index contributed by atoms with van der Waals surface area (Å²) < 4.78 is 23.4. The van der Waals surface area contributed by atoms with Crippen molar-refractivity contribution in [1.82, 2.24) is 4.90 Å². The molecule has 1 aromatic rings. The van der Waals surface area contributed by atoms with Gasteiger partial charge in [-0.05, 0) is 37.1 Å². The van der Waals surface area contributed by atoms with E-state index in [1.807, 2.05) is 0 Å². The number of sulfone groups is 1. The molecule has 1 amide bonds. The van der Waals surface area contributed by atoms with Crippen LogP contribution in [-0.4, -0.2) is 48.6 Å². The minimum atomic E-state index is -3.30. The lowest BCUT2D eigenvalue weighted by Crippen LogP contribution is -2.40. The molecule has 1 aliphatic rings. The van der Waals surface area contributed by atoms with E-state index in [4.69, 9.17) is 5.11 Å². The summed E-state index contributed by atoms with van der Waals surface area (Å²) in [5, 5.41) is 9.09. The molecule has 0 aliphatic carbocycles. The number of aliphatic carboxylic acids is 1. The van der Waals surface area contributed by atoms with E-state index in [1.54, 1.807) is 6.92 Å². The van der Waals surface area contributed by atoms with E-state index in [2.05, 4.69) is 0 Å². The van der Waals surface area contributed by atoms with Gasteiger partial charge in [-0.3, -0.25) is 4.79 Å². The highest BCUT2D eigenvalue weighted by atomic mass is 32.2. The number of hydrogen-bond acceptors (Lipinski definition) is 4. The van der Waals surface area contributed by atoms with Crippen LogP contribution in [0, 0.1) is 0 Å². The van der Waals surface area contributed by atoms with Gasteiger partial charge in [-0.2, -0.15) is 0 Å². The topological polar surface area (TPSA) is 91.8 Å². The second-order valence-corrected chi connectivity index (χ2v) is 7.20. The average molecular weight is 311 g/mol. The maximum atomic E-state index is 12.3. The normalized spacial score (nSPS) is 18.7. The highest BCUT2D eigenvalue weighted by Crippen LogP contribution is 2.21. The molecule has 7 heteroatoms. The zero-order chi connectivity index (χ0) is 15.6. The number of carboxylic acid groups (broad SMARTS) is 1. The second kappa shape index (κ2) is 5.85. The Morgan fingerprint density at radius 3 is 2.43 bits per heavy atom. The van der Waals surface area contributed by atoms with Crippen molar-refractivity contribution in [2.75, 3.05) is 12.3 Å². The van der Waals surface area contributed by atoms with Gasteiger partial charge in [0.2, 0.25) is 0 Å². The van der Waals surface area contributed by atoms with Crippen molar-refractivity contribution in [3.8, 4) is 0 Å². The van der Waals surface area contributed by atoms with Crippen LogP contribution in [0.3, 0.4) is 0 Å². The van der Waals surface area contributed by atoms with Crippen LogP contribution in [0.15, 0.2) is 29.2 Å². The molecule has 114 valence electrons. The molecule has 0 spiro atoms. The van der Waals surface area contributed by atoms with E-state index in [-0.39, 0.29) is 16.6 Å². The Labute approximate surface area is 123 Å². The molecule has 1 N–H and O–H groups in total. The number of nitrogens with zero attached hydrogens (tertiary/aromatic N) is 1. The number of amides is 1. The Morgan fingerprint density at radius 2 is 1.90 bits per heavy atom. The SMILES string of the molecule is CCS(=O)(=O)c1ccc(C(=O)N2CCCC2C(=O)O)cc1. The van der Waals surface area contributed by atoms with E-state index in [0.29, 0.717) is 24.9 Å². The van der Waals surface area contributed by atoms with E-state index >= 15 is 0 Å². The first kappa shape index (κ1) is 15.5. The first-order valence-corrected chi connectivity index (χ1v) is 8.38.